The van der Waals surface area contributed by atoms with Crippen LogP contribution in [0, 0.1) is 0 Å². The molecule has 3 nitrogen and oxygen atoms in total. The van der Waals surface area contributed by atoms with Gasteiger partial charge in [0.25, 0.3) is 0 Å². The number of hydrogen-bond donors (Lipinski definition) is 1. The summed E-state index contributed by atoms with van der Waals surface area (Å²) in [6, 6.07) is 15.1. The van der Waals surface area contributed by atoms with Crippen LogP contribution in [-0.4, -0.2) is 18.2 Å². The van der Waals surface area contributed by atoms with Crippen LogP contribution in [0.4, 0.5) is 0 Å². The topological polar surface area (TPSA) is 44.5 Å². The molecule has 0 fully saturated rings. The van der Waals surface area contributed by atoms with E-state index >= 15 is 0 Å². The third-order valence-corrected chi connectivity index (χ3v) is 3.48. The van der Waals surface area contributed by atoms with E-state index in [1.807, 2.05) is 48.5 Å². The largest absolute Gasteiger partial charge is 0.490 e. The number of para-hydroxylation sites is 1. The first kappa shape index (κ1) is 14.8. The molecule has 0 aliphatic heterocycles. The van der Waals surface area contributed by atoms with Gasteiger partial charge in [-0.2, -0.15) is 0 Å². The first-order valence-corrected chi connectivity index (χ1v) is 7.27. The Kier molecular flexibility index (Phi) is 5.38. The highest BCUT2D eigenvalue weighted by Crippen LogP contribution is 2.23. The molecule has 0 unspecified atom stereocenters. The molecule has 2 aromatic carbocycles. The van der Waals surface area contributed by atoms with Crippen molar-refractivity contribution in [3.63, 3.8) is 0 Å². The monoisotopic (exact) mass is 351 g/mol. The van der Waals surface area contributed by atoms with Crippen LogP contribution in [0.1, 0.15) is 5.56 Å². The van der Waals surface area contributed by atoms with Gasteiger partial charge >= 0.3 is 0 Å². The van der Waals surface area contributed by atoms with Gasteiger partial charge in [0.1, 0.15) is 29.7 Å². The maximum absolute atomic E-state index is 5.61. The first-order chi connectivity index (χ1) is 9.66. The number of ether oxygens (including phenoxy) is 2. The minimum Gasteiger partial charge on any atom is -0.490 e. The minimum atomic E-state index is 0.383. The molecule has 0 atom stereocenters. The second kappa shape index (κ2) is 7.26. The van der Waals surface area contributed by atoms with Crippen LogP contribution < -0.4 is 15.2 Å². The molecule has 0 radical (unpaired) electrons. The molecular weight excluding hydrogens is 338 g/mol. The maximum atomic E-state index is 5.61. The average molecular weight is 352 g/mol. The highest BCUT2D eigenvalue weighted by atomic mass is 79.9. The molecule has 104 valence electrons. The SMILES string of the molecule is NC(=S)c1ccc(OCCOc2ccccc2Br)cc1. The van der Waals surface area contributed by atoms with E-state index in [0.717, 1.165) is 21.5 Å². The standard InChI is InChI=1S/C15H14BrNO2S/c16-13-3-1-2-4-14(13)19-10-9-18-12-7-5-11(6-8-12)15(17)20/h1-8H,9-10H2,(H2,17,20). The zero-order valence-electron chi connectivity index (χ0n) is 10.7. The molecule has 5 heteroatoms. The van der Waals surface area contributed by atoms with Gasteiger partial charge in [-0.3, -0.25) is 0 Å². The van der Waals surface area contributed by atoms with Crippen LogP contribution in [0.25, 0.3) is 0 Å². The van der Waals surface area contributed by atoms with Crippen LogP contribution in [-0.2, 0) is 0 Å². The van der Waals surface area contributed by atoms with Gasteiger partial charge < -0.3 is 15.2 Å². The minimum absolute atomic E-state index is 0.383. The summed E-state index contributed by atoms with van der Waals surface area (Å²) in [4.78, 5) is 0.383. The van der Waals surface area contributed by atoms with E-state index in [0.29, 0.717) is 18.2 Å². The Morgan fingerprint density at radius 3 is 2.30 bits per heavy atom. The van der Waals surface area contributed by atoms with Gasteiger partial charge in [-0.15, -0.1) is 0 Å². The zero-order chi connectivity index (χ0) is 14.4. The molecule has 2 N–H and O–H groups in total. The number of halogens is 1. The Morgan fingerprint density at radius 2 is 1.65 bits per heavy atom. The lowest BCUT2D eigenvalue weighted by atomic mass is 10.2. The lowest BCUT2D eigenvalue weighted by Gasteiger charge is -2.09. The summed E-state index contributed by atoms with van der Waals surface area (Å²) in [6.07, 6.45) is 0. The van der Waals surface area contributed by atoms with Gasteiger partial charge in [-0.05, 0) is 52.3 Å². The molecule has 0 amide bonds. The molecule has 0 saturated heterocycles. The summed E-state index contributed by atoms with van der Waals surface area (Å²) in [5, 5.41) is 0. The van der Waals surface area contributed by atoms with Crippen molar-refractivity contribution in [1.29, 1.82) is 0 Å². The van der Waals surface area contributed by atoms with E-state index in [2.05, 4.69) is 15.9 Å². The molecule has 0 bridgehead atoms. The fourth-order valence-electron chi connectivity index (χ4n) is 1.59. The molecule has 0 saturated carbocycles. The van der Waals surface area contributed by atoms with Crippen molar-refractivity contribution < 1.29 is 9.47 Å². The average Bonchev–Trinajstić information content (AvgIpc) is 2.46. The zero-order valence-corrected chi connectivity index (χ0v) is 13.1. The van der Waals surface area contributed by atoms with Gasteiger partial charge in [0, 0.05) is 5.56 Å². The summed E-state index contributed by atoms with van der Waals surface area (Å²) in [5.41, 5.74) is 6.36. The molecule has 20 heavy (non-hydrogen) atoms. The van der Waals surface area contributed by atoms with Crippen LogP contribution in [0.5, 0.6) is 11.5 Å². The molecular formula is C15H14BrNO2S. The Balaban J connectivity index is 1.79. The van der Waals surface area contributed by atoms with E-state index < -0.39 is 0 Å². The molecule has 0 spiro atoms. The number of nitrogens with two attached hydrogens (primary N) is 1. The van der Waals surface area contributed by atoms with Crippen molar-refractivity contribution in [2.75, 3.05) is 13.2 Å². The van der Waals surface area contributed by atoms with Crippen LogP contribution in [0.2, 0.25) is 0 Å². The van der Waals surface area contributed by atoms with E-state index in [9.17, 15) is 0 Å². The number of rotatable bonds is 6. The molecule has 0 aromatic heterocycles. The number of benzene rings is 2. The molecule has 2 rings (SSSR count). The Bertz CT molecular complexity index is 587. The van der Waals surface area contributed by atoms with Crippen molar-refractivity contribution in [2.45, 2.75) is 0 Å². The predicted octanol–water partition coefficient (Wildman–Crippen LogP) is 3.54. The number of thiocarbonyl (C=S) groups is 1. The second-order valence-electron chi connectivity index (χ2n) is 4.02. The Labute approximate surface area is 131 Å². The Morgan fingerprint density at radius 1 is 1.00 bits per heavy atom. The number of hydrogen-bond acceptors (Lipinski definition) is 3. The van der Waals surface area contributed by atoms with Crippen molar-refractivity contribution in [2.24, 2.45) is 5.73 Å². The molecule has 0 aliphatic rings. The van der Waals surface area contributed by atoms with E-state index in [-0.39, 0.29) is 0 Å². The highest BCUT2D eigenvalue weighted by molar-refractivity contribution is 9.10. The Hall–Kier alpha value is -1.59. The van der Waals surface area contributed by atoms with Crippen molar-refractivity contribution in [3.8, 4) is 11.5 Å². The normalized spacial score (nSPS) is 10.1. The van der Waals surface area contributed by atoms with Gasteiger partial charge in [-0.1, -0.05) is 24.4 Å². The summed E-state index contributed by atoms with van der Waals surface area (Å²) >= 11 is 8.32. The third-order valence-electron chi connectivity index (χ3n) is 2.59. The van der Waals surface area contributed by atoms with Crippen molar-refractivity contribution in [3.05, 3.63) is 58.6 Å². The van der Waals surface area contributed by atoms with E-state index in [1.54, 1.807) is 0 Å². The van der Waals surface area contributed by atoms with Crippen LogP contribution >= 0.6 is 28.1 Å². The van der Waals surface area contributed by atoms with Crippen molar-refractivity contribution >= 4 is 33.1 Å². The lowest BCUT2D eigenvalue weighted by molar-refractivity contribution is 0.216. The predicted molar refractivity (Wildman–Crippen MR) is 87.5 cm³/mol. The highest BCUT2D eigenvalue weighted by Gasteiger charge is 2.00. The lowest BCUT2D eigenvalue weighted by Crippen LogP contribution is -2.10. The first-order valence-electron chi connectivity index (χ1n) is 6.07. The molecule has 0 heterocycles. The quantitative estimate of drug-likeness (QED) is 0.638. The maximum Gasteiger partial charge on any atom is 0.133 e. The van der Waals surface area contributed by atoms with Gasteiger partial charge in [0.15, 0.2) is 0 Å². The fraction of sp³-hybridized carbons (Fsp3) is 0.133. The van der Waals surface area contributed by atoms with E-state index in [4.69, 9.17) is 27.4 Å². The van der Waals surface area contributed by atoms with Gasteiger partial charge in [0.2, 0.25) is 0 Å². The van der Waals surface area contributed by atoms with Crippen LogP contribution in [0.15, 0.2) is 53.0 Å². The summed E-state index contributed by atoms with van der Waals surface area (Å²) in [7, 11) is 0. The molecule has 2 aromatic rings. The summed E-state index contributed by atoms with van der Waals surface area (Å²) in [5.74, 6) is 1.57. The summed E-state index contributed by atoms with van der Waals surface area (Å²) < 4.78 is 12.1. The third kappa shape index (κ3) is 4.21. The van der Waals surface area contributed by atoms with Crippen molar-refractivity contribution in [1.82, 2.24) is 0 Å². The molecule has 0 aliphatic carbocycles. The van der Waals surface area contributed by atoms with Gasteiger partial charge in [-0.25, -0.2) is 0 Å². The van der Waals surface area contributed by atoms with Crippen LogP contribution in [0.3, 0.4) is 0 Å². The summed E-state index contributed by atoms with van der Waals surface area (Å²) in [6.45, 7) is 0.938. The second-order valence-corrected chi connectivity index (χ2v) is 5.31. The van der Waals surface area contributed by atoms with Gasteiger partial charge in [0.05, 0.1) is 4.47 Å². The smallest absolute Gasteiger partial charge is 0.133 e. The van der Waals surface area contributed by atoms with E-state index in [1.165, 1.54) is 0 Å². The fourth-order valence-corrected chi connectivity index (χ4v) is 2.12.